The summed E-state index contributed by atoms with van der Waals surface area (Å²) in [5.74, 6) is 0.136. The predicted molar refractivity (Wildman–Crippen MR) is 123 cm³/mol. The summed E-state index contributed by atoms with van der Waals surface area (Å²) in [4.78, 5) is 14.8. The fourth-order valence-corrected chi connectivity index (χ4v) is 5.36. The molecule has 3 rings (SSSR count). The third-order valence-corrected chi connectivity index (χ3v) is 7.26. The van der Waals surface area contributed by atoms with Gasteiger partial charge in [-0.2, -0.15) is 5.10 Å². The normalized spacial score (nSPS) is 15.8. The van der Waals surface area contributed by atoms with E-state index in [1.54, 1.807) is 0 Å². The summed E-state index contributed by atoms with van der Waals surface area (Å²) in [5.41, 5.74) is 3.41. The molecular formula is C22H33N5O3S. The fourth-order valence-electron chi connectivity index (χ4n) is 3.96. The number of carbonyl (C=O) groups excluding carboxylic acids is 1. The Morgan fingerprint density at radius 3 is 2.48 bits per heavy atom. The highest BCUT2D eigenvalue weighted by molar-refractivity contribution is 7.89. The topological polar surface area (TPSA) is 96.3 Å². The van der Waals surface area contributed by atoms with Gasteiger partial charge in [0.2, 0.25) is 15.9 Å². The average molecular weight is 448 g/mol. The van der Waals surface area contributed by atoms with Gasteiger partial charge in [-0.1, -0.05) is 25.1 Å². The molecule has 1 saturated heterocycles. The van der Waals surface area contributed by atoms with Crippen LogP contribution in [-0.4, -0.2) is 60.4 Å². The van der Waals surface area contributed by atoms with E-state index in [2.05, 4.69) is 20.0 Å². The zero-order valence-electron chi connectivity index (χ0n) is 18.6. The summed E-state index contributed by atoms with van der Waals surface area (Å²) in [7, 11) is -3.18. The molecule has 0 radical (unpaired) electrons. The Kier molecular flexibility index (Phi) is 7.85. The quantitative estimate of drug-likeness (QED) is 0.616. The first-order chi connectivity index (χ1) is 14.8. The number of aromatic nitrogens is 2. The number of benzene rings is 1. The van der Waals surface area contributed by atoms with E-state index in [4.69, 9.17) is 0 Å². The molecule has 1 amide bonds. The number of rotatable bonds is 9. The van der Waals surface area contributed by atoms with Gasteiger partial charge in [0.25, 0.3) is 0 Å². The van der Waals surface area contributed by atoms with E-state index in [1.165, 1.54) is 0 Å². The molecule has 2 aromatic rings. The van der Waals surface area contributed by atoms with Crippen molar-refractivity contribution in [1.29, 1.82) is 0 Å². The molecule has 1 aliphatic heterocycles. The van der Waals surface area contributed by atoms with Gasteiger partial charge in [0.05, 0.1) is 28.5 Å². The second-order valence-corrected chi connectivity index (χ2v) is 10.0. The van der Waals surface area contributed by atoms with E-state index >= 15 is 0 Å². The Morgan fingerprint density at radius 2 is 1.84 bits per heavy atom. The minimum atomic E-state index is -3.18. The zero-order chi connectivity index (χ0) is 22.4. The number of likely N-dealkylation sites (tertiary alicyclic amines) is 1. The molecule has 2 N–H and O–H groups in total. The zero-order valence-corrected chi connectivity index (χ0v) is 19.4. The lowest BCUT2D eigenvalue weighted by Gasteiger charge is -2.32. The molecule has 0 saturated carbocycles. The van der Waals surface area contributed by atoms with Crippen LogP contribution in [0, 0.1) is 13.8 Å². The summed E-state index contributed by atoms with van der Waals surface area (Å²) in [6.45, 7) is 7.94. The van der Waals surface area contributed by atoms with E-state index in [1.807, 2.05) is 55.8 Å². The van der Waals surface area contributed by atoms with Gasteiger partial charge in [0.15, 0.2) is 0 Å². The van der Waals surface area contributed by atoms with Crippen molar-refractivity contribution in [3.05, 3.63) is 41.7 Å². The lowest BCUT2D eigenvalue weighted by molar-refractivity contribution is -0.116. The summed E-state index contributed by atoms with van der Waals surface area (Å²) >= 11 is 0. The van der Waals surface area contributed by atoms with Crippen LogP contribution in [0.4, 0.5) is 5.69 Å². The van der Waals surface area contributed by atoms with Gasteiger partial charge in [-0.15, -0.1) is 0 Å². The number of nitrogens with zero attached hydrogens (tertiary/aromatic N) is 3. The fraction of sp³-hybridized carbons (Fsp3) is 0.545. The van der Waals surface area contributed by atoms with Gasteiger partial charge >= 0.3 is 0 Å². The number of nitrogens with one attached hydrogen (secondary N) is 2. The summed E-state index contributed by atoms with van der Waals surface area (Å²) < 4.78 is 28.5. The minimum absolute atomic E-state index is 0.00393. The Morgan fingerprint density at radius 1 is 1.16 bits per heavy atom. The number of hydrogen-bond donors (Lipinski definition) is 2. The number of aryl methyl sites for hydroxylation is 1. The van der Waals surface area contributed by atoms with Crippen LogP contribution in [0.2, 0.25) is 0 Å². The van der Waals surface area contributed by atoms with E-state index in [-0.39, 0.29) is 17.7 Å². The molecule has 1 aromatic carbocycles. The van der Waals surface area contributed by atoms with Crippen LogP contribution >= 0.6 is 0 Å². The minimum Gasteiger partial charge on any atom is -0.323 e. The van der Waals surface area contributed by atoms with E-state index < -0.39 is 10.0 Å². The van der Waals surface area contributed by atoms with Gasteiger partial charge < -0.3 is 10.2 Å². The highest BCUT2D eigenvalue weighted by atomic mass is 32.2. The summed E-state index contributed by atoms with van der Waals surface area (Å²) in [6.07, 6.45) is 2.55. The Bertz CT molecular complexity index is 980. The molecule has 1 aromatic heterocycles. The maximum absolute atomic E-state index is 12.6. The van der Waals surface area contributed by atoms with Gasteiger partial charge in [-0.25, -0.2) is 17.8 Å². The van der Waals surface area contributed by atoms with Crippen molar-refractivity contribution in [2.75, 3.05) is 30.7 Å². The maximum atomic E-state index is 12.6. The number of para-hydroxylation sites is 1. The second kappa shape index (κ2) is 10.4. The Hall–Kier alpha value is -2.23. The van der Waals surface area contributed by atoms with Crippen LogP contribution in [0.1, 0.15) is 44.0 Å². The highest BCUT2D eigenvalue weighted by Gasteiger charge is 2.23. The van der Waals surface area contributed by atoms with Gasteiger partial charge in [0, 0.05) is 19.0 Å². The average Bonchev–Trinajstić information content (AvgIpc) is 3.02. The smallest absolute Gasteiger partial charge is 0.225 e. The maximum Gasteiger partial charge on any atom is 0.225 e. The number of carbonyl (C=O) groups is 1. The van der Waals surface area contributed by atoms with Crippen LogP contribution < -0.4 is 10.0 Å². The molecule has 9 heteroatoms. The predicted octanol–water partition coefficient (Wildman–Crippen LogP) is 2.61. The van der Waals surface area contributed by atoms with Crippen LogP contribution in [0.15, 0.2) is 30.3 Å². The van der Waals surface area contributed by atoms with Crippen molar-refractivity contribution in [1.82, 2.24) is 19.4 Å². The molecule has 0 aliphatic carbocycles. The molecular weight excluding hydrogens is 414 g/mol. The molecule has 0 bridgehead atoms. The first-order valence-electron chi connectivity index (χ1n) is 10.9. The lowest BCUT2D eigenvalue weighted by Crippen LogP contribution is -2.45. The standard InChI is InChI=1S/C22H33N5O3S/c1-4-16-31(29,30)25-19-10-13-26(14-11-19)15-12-21(28)23-22-17(2)24-27(18(22)3)20-8-6-5-7-9-20/h5-9,19,25H,4,10-16H2,1-3H3,(H,23,28). The molecule has 8 nitrogen and oxygen atoms in total. The van der Waals surface area contributed by atoms with Crippen LogP contribution in [0.25, 0.3) is 5.69 Å². The van der Waals surface area contributed by atoms with Crippen LogP contribution in [0.5, 0.6) is 0 Å². The van der Waals surface area contributed by atoms with Crippen molar-refractivity contribution in [3.63, 3.8) is 0 Å². The molecule has 0 atom stereocenters. The summed E-state index contributed by atoms with van der Waals surface area (Å²) in [6, 6.07) is 9.84. The Labute approximate surface area is 185 Å². The molecule has 1 aliphatic rings. The summed E-state index contributed by atoms with van der Waals surface area (Å²) in [5, 5.41) is 7.59. The van der Waals surface area contributed by atoms with Crippen LogP contribution in [0.3, 0.4) is 0 Å². The van der Waals surface area contributed by atoms with Gasteiger partial charge in [-0.05, 0) is 58.3 Å². The van der Waals surface area contributed by atoms with E-state index in [0.29, 0.717) is 19.4 Å². The van der Waals surface area contributed by atoms with Crippen molar-refractivity contribution in [3.8, 4) is 5.69 Å². The van der Waals surface area contributed by atoms with Crippen LogP contribution in [-0.2, 0) is 14.8 Å². The van der Waals surface area contributed by atoms with Crippen molar-refractivity contribution in [2.45, 2.75) is 52.5 Å². The monoisotopic (exact) mass is 447 g/mol. The van der Waals surface area contributed by atoms with Crippen molar-refractivity contribution >= 4 is 21.6 Å². The molecule has 2 heterocycles. The molecule has 0 unspecified atom stereocenters. The Balaban J connectivity index is 1.48. The number of hydrogen-bond acceptors (Lipinski definition) is 5. The molecule has 31 heavy (non-hydrogen) atoms. The number of piperidine rings is 1. The molecule has 1 fully saturated rings. The SMILES string of the molecule is CCCS(=O)(=O)NC1CCN(CCC(=O)Nc2c(C)nn(-c3ccccc3)c2C)CC1. The van der Waals surface area contributed by atoms with Gasteiger partial charge in [-0.3, -0.25) is 4.79 Å². The second-order valence-electron chi connectivity index (χ2n) is 8.14. The highest BCUT2D eigenvalue weighted by Crippen LogP contribution is 2.23. The molecule has 170 valence electrons. The number of anilines is 1. The number of amides is 1. The third kappa shape index (κ3) is 6.38. The van der Waals surface area contributed by atoms with Crippen molar-refractivity contribution < 1.29 is 13.2 Å². The van der Waals surface area contributed by atoms with Crippen molar-refractivity contribution in [2.24, 2.45) is 0 Å². The molecule has 0 spiro atoms. The van der Waals surface area contributed by atoms with E-state index in [0.717, 1.165) is 48.7 Å². The largest absolute Gasteiger partial charge is 0.323 e. The van der Waals surface area contributed by atoms with Gasteiger partial charge in [0.1, 0.15) is 0 Å². The third-order valence-electron chi connectivity index (χ3n) is 5.62. The first-order valence-corrected chi connectivity index (χ1v) is 12.6. The lowest BCUT2D eigenvalue weighted by atomic mass is 10.1. The number of sulfonamides is 1. The first kappa shape index (κ1) is 23.4. The van der Waals surface area contributed by atoms with E-state index in [9.17, 15) is 13.2 Å².